The Balaban J connectivity index is 1.39. The van der Waals surface area contributed by atoms with Crippen LogP contribution in [0.5, 0.6) is 0 Å². The van der Waals surface area contributed by atoms with Crippen LogP contribution in [0.2, 0.25) is 5.02 Å². The van der Waals surface area contributed by atoms with Gasteiger partial charge >= 0.3 is 0 Å². The van der Waals surface area contributed by atoms with Crippen molar-refractivity contribution in [2.24, 2.45) is 0 Å². The number of carbonyl (C=O) groups excluding carboxylic acids is 1. The molecule has 1 atom stereocenters. The molecule has 1 aromatic heterocycles. The van der Waals surface area contributed by atoms with Crippen LogP contribution < -0.4 is 0 Å². The van der Waals surface area contributed by atoms with Crippen LogP contribution in [0.1, 0.15) is 40.5 Å². The van der Waals surface area contributed by atoms with Gasteiger partial charge in [0.2, 0.25) is 0 Å². The molecule has 1 unspecified atom stereocenters. The Hall–Kier alpha value is -1.72. The maximum atomic E-state index is 12.3. The summed E-state index contributed by atoms with van der Waals surface area (Å²) in [5, 5.41) is 2.75. The van der Waals surface area contributed by atoms with E-state index >= 15 is 0 Å². The first-order valence-corrected chi connectivity index (χ1v) is 11.6. The number of carbonyl (C=O) groups is 1. The summed E-state index contributed by atoms with van der Waals surface area (Å²) >= 11 is 7.67. The number of benzene rings is 1. The summed E-state index contributed by atoms with van der Waals surface area (Å²) in [5.41, 5.74) is 2.69. The number of halogens is 1. The average molecular weight is 427 g/mol. The van der Waals surface area contributed by atoms with Gasteiger partial charge in [-0.3, -0.25) is 9.69 Å². The van der Waals surface area contributed by atoms with Gasteiger partial charge in [0.1, 0.15) is 0 Å². The van der Waals surface area contributed by atoms with Crippen molar-refractivity contribution < 1.29 is 4.79 Å². The van der Waals surface area contributed by atoms with Crippen molar-refractivity contribution >= 4 is 28.7 Å². The highest BCUT2D eigenvalue weighted by molar-refractivity contribution is 7.12. The molecule has 2 heterocycles. The van der Waals surface area contributed by atoms with Crippen LogP contribution in [-0.4, -0.2) is 48.3 Å². The second kappa shape index (κ2) is 9.86. The average Bonchev–Trinajstić information content (AvgIpc) is 3.30. The Labute approximate surface area is 182 Å². The first kappa shape index (κ1) is 20.5. The zero-order valence-electron chi connectivity index (χ0n) is 16.6. The van der Waals surface area contributed by atoms with Crippen LogP contribution >= 0.6 is 22.9 Å². The van der Waals surface area contributed by atoms with Gasteiger partial charge in [-0.1, -0.05) is 48.0 Å². The third-order valence-corrected chi connectivity index (χ3v) is 6.91. The summed E-state index contributed by atoms with van der Waals surface area (Å²) in [6, 6.07) is 12.4. The topological polar surface area (TPSA) is 23.6 Å². The Morgan fingerprint density at radius 2 is 1.86 bits per heavy atom. The van der Waals surface area contributed by atoms with Gasteiger partial charge in [-0.2, -0.15) is 0 Å². The Kier molecular flexibility index (Phi) is 6.98. The molecule has 1 aromatic carbocycles. The van der Waals surface area contributed by atoms with Crippen LogP contribution in [-0.2, 0) is 0 Å². The molecule has 152 valence electrons. The third-order valence-electron chi connectivity index (χ3n) is 5.75. The fourth-order valence-electron chi connectivity index (χ4n) is 4.16. The zero-order valence-corrected chi connectivity index (χ0v) is 18.2. The number of hydrogen-bond acceptors (Lipinski definition) is 4. The summed E-state index contributed by atoms with van der Waals surface area (Å²) in [6.45, 7) is 4.85. The molecule has 29 heavy (non-hydrogen) atoms. The smallest absolute Gasteiger partial charge is 0.174 e. The number of thiophene rings is 1. The number of hydrogen-bond donors (Lipinski definition) is 0. The number of rotatable bonds is 7. The van der Waals surface area contributed by atoms with Crippen LogP contribution in [0, 0.1) is 0 Å². The number of ketones is 1. The molecule has 0 amide bonds. The van der Waals surface area contributed by atoms with Crippen molar-refractivity contribution in [1.82, 2.24) is 9.80 Å². The minimum Gasteiger partial charge on any atom is -0.300 e. The van der Waals surface area contributed by atoms with Crippen molar-refractivity contribution in [2.45, 2.75) is 25.3 Å². The zero-order chi connectivity index (χ0) is 20.1. The monoisotopic (exact) mass is 426 g/mol. The lowest BCUT2D eigenvalue weighted by molar-refractivity contribution is 0.0895. The van der Waals surface area contributed by atoms with Crippen molar-refractivity contribution in [1.29, 1.82) is 0 Å². The summed E-state index contributed by atoms with van der Waals surface area (Å²) in [7, 11) is 0. The van der Waals surface area contributed by atoms with E-state index in [9.17, 15) is 4.79 Å². The van der Waals surface area contributed by atoms with Crippen LogP contribution in [0.15, 0.2) is 65.6 Å². The lowest BCUT2D eigenvalue weighted by Crippen LogP contribution is -2.48. The third kappa shape index (κ3) is 5.26. The molecule has 0 radical (unpaired) electrons. The molecule has 0 spiro atoms. The van der Waals surface area contributed by atoms with E-state index in [1.807, 2.05) is 29.6 Å². The molecule has 2 aliphatic rings. The summed E-state index contributed by atoms with van der Waals surface area (Å²) in [6.07, 6.45) is 9.80. The molecule has 0 N–H and O–H groups in total. The van der Waals surface area contributed by atoms with Crippen molar-refractivity contribution in [2.75, 3.05) is 32.7 Å². The number of piperazine rings is 1. The van der Waals surface area contributed by atoms with Gasteiger partial charge in [-0.15, -0.1) is 11.3 Å². The van der Waals surface area contributed by atoms with E-state index in [1.54, 1.807) is 0 Å². The lowest BCUT2D eigenvalue weighted by Gasteiger charge is -2.40. The molecule has 2 aromatic rings. The van der Waals surface area contributed by atoms with E-state index < -0.39 is 0 Å². The van der Waals surface area contributed by atoms with E-state index in [2.05, 4.69) is 40.2 Å². The van der Waals surface area contributed by atoms with E-state index in [4.69, 9.17) is 11.6 Å². The van der Waals surface area contributed by atoms with Gasteiger partial charge in [0, 0.05) is 44.2 Å². The number of allylic oxidation sites excluding steroid dienone is 2. The standard InChI is InChI=1S/C24H27ClN2OS/c25-21-10-8-20(9-11-21)24(19-5-2-1-3-6-19)27-16-14-26(15-17-27)13-12-22(28)23-7-4-18-29-23/h2,4-11,18,24H,1,3,12-17H2. The van der Waals surface area contributed by atoms with Crippen molar-refractivity contribution in [3.8, 4) is 0 Å². The van der Waals surface area contributed by atoms with Gasteiger partial charge in [-0.25, -0.2) is 0 Å². The fourth-order valence-corrected chi connectivity index (χ4v) is 4.98. The van der Waals surface area contributed by atoms with Crippen molar-refractivity contribution in [3.63, 3.8) is 0 Å². The second-order valence-electron chi connectivity index (χ2n) is 7.67. The van der Waals surface area contributed by atoms with Gasteiger partial charge in [0.25, 0.3) is 0 Å². The minimum atomic E-state index is 0.263. The molecule has 1 saturated heterocycles. The Morgan fingerprint density at radius 3 is 2.52 bits per heavy atom. The second-order valence-corrected chi connectivity index (χ2v) is 9.05. The van der Waals surface area contributed by atoms with Gasteiger partial charge < -0.3 is 4.90 Å². The molecular weight excluding hydrogens is 400 g/mol. The fraction of sp³-hybridized carbons (Fsp3) is 0.375. The van der Waals surface area contributed by atoms with Gasteiger partial charge in [0.05, 0.1) is 10.9 Å². The quantitative estimate of drug-likeness (QED) is 0.537. The first-order valence-electron chi connectivity index (χ1n) is 10.4. The highest BCUT2D eigenvalue weighted by atomic mass is 35.5. The predicted molar refractivity (Wildman–Crippen MR) is 122 cm³/mol. The summed E-state index contributed by atoms with van der Waals surface area (Å²) in [5.74, 6) is 0.263. The predicted octanol–water partition coefficient (Wildman–Crippen LogP) is 5.61. The van der Waals surface area contributed by atoms with E-state index in [0.717, 1.165) is 55.5 Å². The summed E-state index contributed by atoms with van der Waals surface area (Å²) < 4.78 is 0. The molecule has 4 rings (SSSR count). The molecule has 5 heteroatoms. The maximum Gasteiger partial charge on any atom is 0.174 e. The minimum absolute atomic E-state index is 0.263. The van der Waals surface area contributed by atoms with E-state index in [-0.39, 0.29) is 11.8 Å². The first-order chi connectivity index (χ1) is 14.2. The lowest BCUT2D eigenvalue weighted by atomic mass is 9.92. The van der Waals surface area contributed by atoms with Crippen LogP contribution in [0.25, 0.3) is 0 Å². The van der Waals surface area contributed by atoms with Crippen LogP contribution in [0.3, 0.4) is 0 Å². The van der Waals surface area contributed by atoms with E-state index in [1.165, 1.54) is 22.5 Å². The maximum absolute atomic E-state index is 12.3. The Bertz CT molecular complexity index is 865. The largest absolute Gasteiger partial charge is 0.300 e. The van der Waals surface area contributed by atoms with Crippen molar-refractivity contribution in [3.05, 3.63) is 81.0 Å². The molecular formula is C24H27ClN2OS. The Morgan fingerprint density at radius 1 is 1.07 bits per heavy atom. The molecule has 1 aliphatic carbocycles. The van der Waals surface area contributed by atoms with Gasteiger partial charge in [0.15, 0.2) is 5.78 Å². The van der Waals surface area contributed by atoms with Crippen LogP contribution in [0.4, 0.5) is 0 Å². The molecule has 1 fully saturated rings. The van der Waals surface area contributed by atoms with E-state index in [0.29, 0.717) is 6.42 Å². The molecule has 1 aliphatic heterocycles. The number of nitrogens with zero attached hydrogens (tertiary/aromatic N) is 2. The highest BCUT2D eigenvalue weighted by Gasteiger charge is 2.27. The number of Topliss-reactive ketones (excluding diaryl/α,β-unsaturated/α-hetero) is 1. The molecule has 0 saturated carbocycles. The normalized spacial score (nSPS) is 19.1. The summed E-state index contributed by atoms with van der Waals surface area (Å²) in [4.78, 5) is 18.2. The SMILES string of the molecule is O=C(CCN1CCN(C(C2=CCCC=C2)c2ccc(Cl)cc2)CC1)c1cccs1. The molecule has 0 bridgehead atoms. The van der Waals surface area contributed by atoms with Gasteiger partial charge in [-0.05, 0) is 47.6 Å². The molecule has 3 nitrogen and oxygen atoms in total. The highest BCUT2D eigenvalue weighted by Crippen LogP contribution is 2.33.